The first-order valence-corrected chi connectivity index (χ1v) is 10.4. The van der Waals surface area contributed by atoms with Gasteiger partial charge in [0.1, 0.15) is 0 Å². The van der Waals surface area contributed by atoms with Crippen molar-refractivity contribution in [1.29, 1.82) is 0 Å². The lowest BCUT2D eigenvalue weighted by Crippen LogP contribution is -2.58. The molecule has 1 N–H and O–H groups in total. The maximum atomic E-state index is 13.2. The SMILES string of the molecule is CN(C(=O)NC1(CN2CCOCC2)CCCC1)[C@H](c1ccccn1)C1CC1. The molecule has 6 nitrogen and oxygen atoms in total. The van der Waals surface area contributed by atoms with E-state index in [1.165, 1.54) is 25.7 Å². The van der Waals surface area contributed by atoms with Gasteiger partial charge in [0.15, 0.2) is 0 Å². The maximum absolute atomic E-state index is 13.2. The lowest BCUT2D eigenvalue weighted by atomic mass is 9.96. The first-order chi connectivity index (χ1) is 13.2. The predicted molar refractivity (Wildman–Crippen MR) is 104 cm³/mol. The van der Waals surface area contributed by atoms with Gasteiger partial charge in [0.05, 0.1) is 30.5 Å². The van der Waals surface area contributed by atoms with Crippen LogP contribution in [0, 0.1) is 5.92 Å². The largest absolute Gasteiger partial charge is 0.379 e. The Kier molecular flexibility index (Phi) is 5.64. The van der Waals surface area contributed by atoms with Crippen LogP contribution in [0.5, 0.6) is 0 Å². The predicted octanol–water partition coefficient (Wildman–Crippen LogP) is 2.82. The van der Waals surface area contributed by atoms with E-state index < -0.39 is 0 Å². The molecule has 3 aliphatic rings. The number of carbonyl (C=O) groups excluding carboxylic acids is 1. The van der Waals surface area contributed by atoms with Gasteiger partial charge in [-0.1, -0.05) is 18.9 Å². The summed E-state index contributed by atoms with van der Waals surface area (Å²) in [5.74, 6) is 0.537. The van der Waals surface area contributed by atoms with Crippen LogP contribution in [0.4, 0.5) is 4.79 Å². The molecule has 3 fully saturated rings. The molecular formula is C21H32N4O2. The van der Waals surface area contributed by atoms with Crippen molar-refractivity contribution < 1.29 is 9.53 Å². The summed E-state index contributed by atoms with van der Waals surface area (Å²) < 4.78 is 5.49. The number of rotatable bonds is 6. The molecule has 2 heterocycles. The molecule has 0 aromatic carbocycles. The average Bonchev–Trinajstić information content (AvgIpc) is 3.42. The van der Waals surface area contributed by atoms with Gasteiger partial charge in [-0.3, -0.25) is 9.88 Å². The Morgan fingerprint density at radius 3 is 2.70 bits per heavy atom. The highest BCUT2D eigenvalue weighted by molar-refractivity contribution is 5.75. The molecule has 0 unspecified atom stereocenters. The summed E-state index contributed by atoms with van der Waals surface area (Å²) in [5, 5.41) is 3.45. The number of nitrogens with one attached hydrogen (secondary N) is 1. The van der Waals surface area contributed by atoms with Crippen molar-refractivity contribution >= 4 is 6.03 Å². The van der Waals surface area contributed by atoms with Crippen LogP contribution >= 0.6 is 0 Å². The van der Waals surface area contributed by atoms with E-state index >= 15 is 0 Å². The topological polar surface area (TPSA) is 57.7 Å². The molecule has 1 atom stereocenters. The Labute approximate surface area is 162 Å². The van der Waals surface area contributed by atoms with E-state index in [1.807, 2.05) is 36.3 Å². The van der Waals surface area contributed by atoms with Crippen LogP contribution in [0.3, 0.4) is 0 Å². The molecule has 6 heteroatoms. The highest BCUT2D eigenvalue weighted by Gasteiger charge is 2.41. The molecule has 148 valence electrons. The molecule has 1 aromatic rings. The number of ether oxygens (including phenoxy) is 1. The number of aromatic nitrogens is 1. The maximum Gasteiger partial charge on any atom is 0.318 e. The summed E-state index contributed by atoms with van der Waals surface area (Å²) in [6, 6.07) is 6.12. The Balaban J connectivity index is 1.45. The number of pyridine rings is 1. The van der Waals surface area contributed by atoms with Gasteiger partial charge in [0.25, 0.3) is 0 Å². The van der Waals surface area contributed by atoms with Gasteiger partial charge in [-0.05, 0) is 43.7 Å². The van der Waals surface area contributed by atoms with Crippen LogP contribution in [0.15, 0.2) is 24.4 Å². The van der Waals surface area contributed by atoms with E-state index in [2.05, 4.69) is 15.2 Å². The molecule has 27 heavy (non-hydrogen) atoms. The molecule has 0 bridgehead atoms. The van der Waals surface area contributed by atoms with Crippen molar-refractivity contribution in [3.63, 3.8) is 0 Å². The zero-order valence-corrected chi connectivity index (χ0v) is 16.4. The fraction of sp³-hybridized carbons (Fsp3) is 0.714. The zero-order chi connectivity index (χ0) is 18.7. The van der Waals surface area contributed by atoms with E-state index in [-0.39, 0.29) is 17.6 Å². The van der Waals surface area contributed by atoms with E-state index in [0.717, 1.165) is 51.4 Å². The molecular weight excluding hydrogens is 340 g/mol. The van der Waals surface area contributed by atoms with Gasteiger partial charge in [-0.15, -0.1) is 0 Å². The van der Waals surface area contributed by atoms with Gasteiger partial charge in [0, 0.05) is 32.9 Å². The Morgan fingerprint density at radius 1 is 1.33 bits per heavy atom. The smallest absolute Gasteiger partial charge is 0.318 e. The summed E-state index contributed by atoms with van der Waals surface area (Å²) in [7, 11) is 1.93. The van der Waals surface area contributed by atoms with Crippen LogP contribution < -0.4 is 5.32 Å². The lowest BCUT2D eigenvalue weighted by molar-refractivity contribution is 0.0244. The molecule has 0 spiro atoms. The van der Waals surface area contributed by atoms with Crippen LogP contribution in [-0.4, -0.2) is 66.2 Å². The highest BCUT2D eigenvalue weighted by atomic mass is 16.5. The van der Waals surface area contributed by atoms with Crippen molar-refractivity contribution in [3.05, 3.63) is 30.1 Å². The number of hydrogen-bond acceptors (Lipinski definition) is 4. The number of hydrogen-bond donors (Lipinski definition) is 1. The van der Waals surface area contributed by atoms with Crippen LogP contribution in [0.25, 0.3) is 0 Å². The minimum atomic E-state index is -0.0963. The average molecular weight is 373 g/mol. The van der Waals surface area contributed by atoms with E-state index in [4.69, 9.17) is 4.74 Å². The number of urea groups is 1. The quantitative estimate of drug-likeness (QED) is 0.834. The van der Waals surface area contributed by atoms with Gasteiger partial charge in [0.2, 0.25) is 0 Å². The van der Waals surface area contributed by atoms with Crippen molar-refractivity contribution in [3.8, 4) is 0 Å². The van der Waals surface area contributed by atoms with Gasteiger partial charge in [-0.2, -0.15) is 0 Å². The monoisotopic (exact) mass is 372 g/mol. The second-order valence-corrected chi connectivity index (χ2v) is 8.45. The van der Waals surface area contributed by atoms with Crippen LogP contribution in [-0.2, 0) is 4.74 Å². The number of morpholine rings is 1. The standard InChI is InChI=1S/C21H32N4O2/c1-24(19(17-7-8-17)18-6-2-5-11-22-18)20(26)23-21(9-3-4-10-21)16-25-12-14-27-15-13-25/h2,5-6,11,17,19H,3-4,7-10,12-16H2,1H3,(H,23,26)/t19-/m0/s1. The number of amides is 2. The Bertz CT molecular complexity index is 622. The van der Waals surface area contributed by atoms with Crippen molar-refractivity contribution in [2.75, 3.05) is 39.9 Å². The van der Waals surface area contributed by atoms with Crippen molar-refractivity contribution in [1.82, 2.24) is 20.1 Å². The molecule has 1 saturated heterocycles. The fourth-order valence-electron chi connectivity index (χ4n) is 4.72. The third-order valence-corrected chi connectivity index (χ3v) is 6.36. The Morgan fingerprint density at radius 2 is 2.07 bits per heavy atom. The van der Waals surface area contributed by atoms with Crippen molar-refractivity contribution in [2.24, 2.45) is 5.92 Å². The fourth-order valence-corrected chi connectivity index (χ4v) is 4.72. The van der Waals surface area contributed by atoms with E-state index in [0.29, 0.717) is 5.92 Å². The van der Waals surface area contributed by atoms with E-state index in [9.17, 15) is 4.79 Å². The third-order valence-electron chi connectivity index (χ3n) is 6.36. The minimum absolute atomic E-state index is 0.0488. The van der Waals surface area contributed by atoms with Crippen LogP contribution in [0.2, 0.25) is 0 Å². The zero-order valence-electron chi connectivity index (χ0n) is 16.4. The third kappa shape index (κ3) is 4.43. The normalized spacial score (nSPS) is 23.7. The molecule has 1 aromatic heterocycles. The lowest BCUT2D eigenvalue weighted by Gasteiger charge is -2.39. The molecule has 2 aliphatic carbocycles. The summed E-state index contributed by atoms with van der Waals surface area (Å²) in [6.45, 7) is 4.46. The summed E-state index contributed by atoms with van der Waals surface area (Å²) in [6.07, 6.45) is 8.72. The summed E-state index contributed by atoms with van der Waals surface area (Å²) in [4.78, 5) is 22.1. The molecule has 2 saturated carbocycles. The summed E-state index contributed by atoms with van der Waals surface area (Å²) >= 11 is 0. The summed E-state index contributed by atoms with van der Waals surface area (Å²) in [5.41, 5.74) is 0.910. The first kappa shape index (κ1) is 18.7. The Hall–Kier alpha value is -1.66. The molecule has 1 aliphatic heterocycles. The van der Waals surface area contributed by atoms with Crippen molar-refractivity contribution in [2.45, 2.75) is 50.1 Å². The van der Waals surface area contributed by atoms with E-state index in [1.54, 1.807) is 0 Å². The second kappa shape index (κ2) is 8.15. The highest BCUT2D eigenvalue weighted by Crippen LogP contribution is 2.43. The molecule has 0 radical (unpaired) electrons. The second-order valence-electron chi connectivity index (χ2n) is 8.45. The van der Waals surface area contributed by atoms with Gasteiger partial charge < -0.3 is 15.0 Å². The number of carbonyl (C=O) groups is 1. The van der Waals surface area contributed by atoms with Crippen LogP contribution in [0.1, 0.15) is 50.3 Å². The molecule has 2 amide bonds. The minimum Gasteiger partial charge on any atom is -0.379 e. The number of nitrogens with zero attached hydrogens (tertiary/aromatic N) is 3. The van der Waals surface area contributed by atoms with Gasteiger partial charge in [-0.25, -0.2) is 4.79 Å². The molecule has 4 rings (SSSR count). The first-order valence-electron chi connectivity index (χ1n) is 10.4. The van der Waals surface area contributed by atoms with Gasteiger partial charge >= 0.3 is 6.03 Å².